The van der Waals surface area contributed by atoms with E-state index in [2.05, 4.69) is 44.8 Å². The van der Waals surface area contributed by atoms with Gasteiger partial charge in [0, 0.05) is 38.0 Å². The average molecular weight is 387 g/mol. The van der Waals surface area contributed by atoms with Crippen LogP contribution in [0, 0.1) is 0 Å². The number of carbonyl (C=O) groups is 1. The molecule has 1 aromatic heterocycles. The summed E-state index contributed by atoms with van der Waals surface area (Å²) in [5.74, 6) is -0.0706. The second kappa shape index (κ2) is 8.06. The van der Waals surface area contributed by atoms with E-state index in [1.807, 2.05) is 6.07 Å². The molecule has 2 aliphatic rings. The van der Waals surface area contributed by atoms with Crippen LogP contribution in [0.4, 0.5) is 5.13 Å². The topological polar surface area (TPSA) is 66.5 Å². The van der Waals surface area contributed by atoms with Gasteiger partial charge in [-0.15, -0.1) is 11.3 Å². The van der Waals surface area contributed by atoms with Gasteiger partial charge in [-0.2, -0.15) is 0 Å². The van der Waals surface area contributed by atoms with Crippen molar-refractivity contribution in [3.8, 4) is 0 Å². The van der Waals surface area contributed by atoms with Crippen LogP contribution in [-0.4, -0.2) is 48.1 Å². The smallest absolute Gasteiger partial charge is 0.258 e. The summed E-state index contributed by atoms with van der Waals surface area (Å²) in [6.07, 6.45) is 2.30. The summed E-state index contributed by atoms with van der Waals surface area (Å²) in [6.45, 7) is 4.41. The highest BCUT2D eigenvalue weighted by Crippen LogP contribution is 2.31. The molecule has 1 amide bonds. The Morgan fingerprint density at radius 2 is 2.11 bits per heavy atom. The number of nitrogens with one attached hydrogen (secondary N) is 2. The normalized spacial score (nSPS) is 19.4. The van der Waals surface area contributed by atoms with Crippen molar-refractivity contribution >= 4 is 22.4 Å². The molecule has 2 N–H and O–H groups in total. The van der Waals surface area contributed by atoms with Gasteiger partial charge in [0.25, 0.3) is 5.91 Å². The highest BCUT2D eigenvalue weighted by Gasteiger charge is 2.40. The van der Waals surface area contributed by atoms with Crippen molar-refractivity contribution < 1.29 is 9.53 Å². The van der Waals surface area contributed by atoms with Gasteiger partial charge in [-0.05, 0) is 31.5 Å². The quantitative estimate of drug-likeness (QED) is 0.826. The fourth-order valence-electron chi connectivity index (χ4n) is 3.84. The average Bonchev–Trinajstić information content (AvgIpc) is 3.10. The number of methoxy groups -OCH3 is 1. The third kappa shape index (κ3) is 4.06. The highest BCUT2D eigenvalue weighted by molar-refractivity contribution is 7.15. The molecule has 0 radical (unpaired) electrons. The number of thiazole rings is 1. The first-order valence-corrected chi connectivity index (χ1v) is 10.3. The molecule has 1 fully saturated rings. The Hall–Kier alpha value is -1.80. The SMILES string of the molecule is COC1(C(=O)Nc2nc3c(s2)CN(Cc2ccccc2)CC3)CCNCC1. The van der Waals surface area contributed by atoms with Gasteiger partial charge in [0.1, 0.15) is 5.60 Å². The van der Waals surface area contributed by atoms with Crippen molar-refractivity contribution in [1.29, 1.82) is 0 Å². The standard InChI is InChI=1S/C20H26N4O2S/c1-26-20(8-10-21-11-9-20)18(25)23-19-22-16-7-12-24(14-17(16)27-19)13-15-5-3-2-4-6-15/h2-6,21H,7-14H2,1H3,(H,22,23,25). The number of nitrogens with zero attached hydrogens (tertiary/aromatic N) is 2. The van der Waals surface area contributed by atoms with E-state index >= 15 is 0 Å². The van der Waals surface area contributed by atoms with E-state index in [9.17, 15) is 4.79 Å². The third-order valence-corrected chi connectivity index (χ3v) is 6.49. The van der Waals surface area contributed by atoms with Gasteiger partial charge in [-0.3, -0.25) is 15.0 Å². The van der Waals surface area contributed by atoms with Crippen molar-refractivity contribution in [3.63, 3.8) is 0 Å². The van der Waals surface area contributed by atoms with Crippen molar-refractivity contribution in [2.45, 2.75) is 38.0 Å². The van der Waals surface area contributed by atoms with E-state index in [0.717, 1.165) is 44.8 Å². The molecule has 0 unspecified atom stereocenters. The highest BCUT2D eigenvalue weighted by atomic mass is 32.1. The van der Waals surface area contributed by atoms with Crippen LogP contribution in [0.15, 0.2) is 30.3 Å². The molecular formula is C20H26N4O2S. The van der Waals surface area contributed by atoms with Crippen LogP contribution in [0.3, 0.4) is 0 Å². The number of ether oxygens (including phenoxy) is 1. The molecular weight excluding hydrogens is 360 g/mol. The van der Waals surface area contributed by atoms with E-state index in [0.29, 0.717) is 18.0 Å². The number of hydrogen-bond donors (Lipinski definition) is 2. The maximum absolute atomic E-state index is 12.8. The van der Waals surface area contributed by atoms with Crippen molar-refractivity contribution in [2.24, 2.45) is 0 Å². The van der Waals surface area contributed by atoms with Crippen molar-refractivity contribution in [3.05, 3.63) is 46.5 Å². The second-order valence-electron chi connectivity index (χ2n) is 7.24. The van der Waals surface area contributed by atoms with Crippen LogP contribution in [0.1, 0.15) is 29.0 Å². The van der Waals surface area contributed by atoms with Crippen LogP contribution in [0.25, 0.3) is 0 Å². The summed E-state index contributed by atoms with van der Waals surface area (Å²) in [5, 5.41) is 7.00. The van der Waals surface area contributed by atoms with Crippen molar-refractivity contribution in [1.82, 2.24) is 15.2 Å². The van der Waals surface area contributed by atoms with E-state index in [1.54, 1.807) is 18.4 Å². The molecule has 0 spiro atoms. The van der Waals surface area contributed by atoms with Crippen molar-refractivity contribution in [2.75, 3.05) is 32.1 Å². The summed E-state index contributed by atoms with van der Waals surface area (Å²) in [5.41, 5.74) is 1.71. The Labute approximate surface area is 163 Å². The molecule has 144 valence electrons. The number of benzene rings is 1. The first-order chi connectivity index (χ1) is 13.2. The monoisotopic (exact) mass is 386 g/mol. The summed E-state index contributed by atoms with van der Waals surface area (Å²) < 4.78 is 5.61. The van der Waals surface area contributed by atoms with Gasteiger partial charge < -0.3 is 10.1 Å². The molecule has 1 saturated heterocycles. The third-order valence-electron chi connectivity index (χ3n) is 5.50. The molecule has 0 aliphatic carbocycles. The summed E-state index contributed by atoms with van der Waals surface area (Å²) in [4.78, 5) is 21.2. The van der Waals surface area contributed by atoms with Crippen LogP contribution in [0.2, 0.25) is 0 Å². The fraction of sp³-hybridized carbons (Fsp3) is 0.500. The van der Waals surface area contributed by atoms with E-state index in [4.69, 9.17) is 4.74 Å². The minimum Gasteiger partial charge on any atom is -0.368 e. The number of carbonyl (C=O) groups excluding carboxylic acids is 1. The van der Waals surface area contributed by atoms with Crippen LogP contribution in [0.5, 0.6) is 0 Å². The second-order valence-corrected chi connectivity index (χ2v) is 8.32. The Bertz CT molecular complexity index is 787. The number of rotatable bonds is 5. The number of fused-ring (bicyclic) bond motifs is 1. The Balaban J connectivity index is 1.41. The van der Waals surface area contributed by atoms with E-state index in [1.165, 1.54) is 10.4 Å². The molecule has 1 aromatic carbocycles. The lowest BCUT2D eigenvalue weighted by molar-refractivity contribution is -0.140. The number of piperidine rings is 1. The molecule has 2 aromatic rings. The zero-order valence-corrected chi connectivity index (χ0v) is 16.5. The first-order valence-electron chi connectivity index (χ1n) is 9.51. The Morgan fingerprint density at radius 1 is 1.33 bits per heavy atom. The van der Waals surface area contributed by atoms with E-state index < -0.39 is 5.60 Å². The first kappa shape index (κ1) is 18.6. The number of hydrogen-bond acceptors (Lipinski definition) is 6. The zero-order chi connectivity index (χ0) is 18.7. The van der Waals surface area contributed by atoms with Crippen LogP contribution in [-0.2, 0) is 29.0 Å². The maximum Gasteiger partial charge on any atom is 0.258 e. The van der Waals surface area contributed by atoms with Crippen LogP contribution >= 0.6 is 11.3 Å². The predicted molar refractivity (Wildman–Crippen MR) is 107 cm³/mol. The molecule has 3 heterocycles. The lowest BCUT2D eigenvalue weighted by Gasteiger charge is -2.34. The van der Waals surface area contributed by atoms with Crippen LogP contribution < -0.4 is 10.6 Å². The number of amides is 1. The molecule has 0 bridgehead atoms. The minimum atomic E-state index is -0.739. The molecule has 0 saturated carbocycles. The minimum absolute atomic E-state index is 0.0706. The molecule has 27 heavy (non-hydrogen) atoms. The maximum atomic E-state index is 12.8. The van der Waals surface area contributed by atoms with Gasteiger partial charge in [-0.1, -0.05) is 30.3 Å². The molecule has 4 rings (SSSR count). The lowest BCUT2D eigenvalue weighted by Crippen LogP contribution is -2.51. The largest absolute Gasteiger partial charge is 0.368 e. The molecule has 2 aliphatic heterocycles. The summed E-state index contributed by atoms with van der Waals surface area (Å²) >= 11 is 1.60. The summed E-state index contributed by atoms with van der Waals surface area (Å²) in [6, 6.07) is 10.5. The lowest BCUT2D eigenvalue weighted by atomic mass is 9.91. The van der Waals surface area contributed by atoms with Gasteiger partial charge in [0.15, 0.2) is 5.13 Å². The zero-order valence-electron chi connectivity index (χ0n) is 15.7. The Morgan fingerprint density at radius 3 is 2.85 bits per heavy atom. The van der Waals surface area contributed by atoms with Gasteiger partial charge >= 0.3 is 0 Å². The number of anilines is 1. The number of aromatic nitrogens is 1. The molecule has 0 atom stereocenters. The van der Waals surface area contributed by atoms with E-state index in [-0.39, 0.29) is 5.91 Å². The fourth-order valence-corrected chi connectivity index (χ4v) is 4.89. The molecule has 7 heteroatoms. The van der Waals surface area contributed by atoms with Gasteiger partial charge in [0.2, 0.25) is 0 Å². The summed E-state index contributed by atoms with van der Waals surface area (Å²) in [7, 11) is 1.62. The Kier molecular flexibility index (Phi) is 5.54. The van der Waals surface area contributed by atoms with Gasteiger partial charge in [0.05, 0.1) is 5.69 Å². The predicted octanol–water partition coefficient (Wildman–Crippen LogP) is 2.41. The van der Waals surface area contributed by atoms with Gasteiger partial charge in [-0.25, -0.2) is 4.98 Å². The molecule has 6 nitrogen and oxygen atoms in total.